The number of rotatable bonds is 4. The van der Waals surface area contributed by atoms with Crippen molar-refractivity contribution < 1.29 is 29.0 Å². The second kappa shape index (κ2) is 9.16. The molecule has 46 heavy (non-hydrogen) atoms. The molecule has 2 atom stereocenters. The van der Waals surface area contributed by atoms with Gasteiger partial charge in [-0.25, -0.2) is 0 Å². The number of aromatic amines is 3. The molecular formula is C34H27N5O6S. The summed E-state index contributed by atoms with van der Waals surface area (Å²) in [5.41, 5.74) is 4.76. The van der Waals surface area contributed by atoms with Crippen LogP contribution in [-0.2, 0) is 11.8 Å². The first kappa shape index (κ1) is 27.1. The van der Waals surface area contributed by atoms with Crippen molar-refractivity contribution in [1.29, 1.82) is 0 Å². The Hall–Kier alpha value is -5.23. The van der Waals surface area contributed by atoms with Crippen LogP contribution < -0.4 is 9.64 Å². The highest BCUT2D eigenvalue weighted by Gasteiger charge is 2.68. The maximum atomic E-state index is 14.1. The molecule has 2 aliphatic heterocycles. The molecule has 12 heteroatoms. The van der Waals surface area contributed by atoms with Gasteiger partial charge in [0.25, 0.3) is 11.8 Å². The molecule has 9 rings (SSSR count). The van der Waals surface area contributed by atoms with Crippen molar-refractivity contribution in [2.45, 2.75) is 18.3 Å². The summed E-state index contributed by atoms with van der Waals surface area (Å²) in [7, 11) is 1.42. The number of para-hydroxylation sites is 1. The number of methoxy groups -OCH3 is 1. The molecule has 1 saturated carbocycles. The minimum atomic E-state index is -0.508. The van der Waals surface area contributed by atoms with Gasteiger partial charge in [-0.1, -0.05) is 30.0 Å². The number of amides is 2. The first-order valence-corrected chi connectivity index (χ1v) is 16.2. The number of anilines is 1. The summed E-state index contributed by atoms with van der Waals surface area (Å²) in [4.78, 5) is 66.3. The van der Waals surface area contributed by atoms with Crippen LogP contribution in [-0.4, -0.2) is 74.1 Å². The number of likely N-dealkylation sites (tertiary alicyclic amines) is 1. The average molecular weight is 634 g/mol. The number of hydrogen-bond acceptors (Lipinski definition) is 7. The van der Waals surface area contributed by atoms with Gasteiger partial charge in [-0.3, -0.25) is 19.2 Å². The highest BCUT2D eigenvalue weighted by Crippen LogP contribution is 2.67. The maximum Gasteiger partial charge on any atom is 0.274 e. The lowest BCUT2D eigenvalue weighted by Gasteiger charge is -2.27. The van der Waals surface area contributed by atoms with Crippen molar-refractivity contribution in [3.05, 3.63) is 88.1 Å². The standard InChI is InChI=1S/C34H27N5O6S/c1-45-30-26-18(10-23(37-26)33(44)46-2)17-7-8-38(28(17)29(30)41)31(42)22-11-19-27(36-22)24(40)12-25-34(19)13-16(34)14-39(25)32(43)21-9-15-5-3-4-6-20(15)35-21/h3-6,9-12,16,35-37,41H,7-8,13-14H2,1-2H3/t16-,34-/m1/s1. The van der Waals surface area contributed by atoms with Crippen molar-refractivity contribution in [3.63, 3.8) is 0 Å². The highest BCUT2D eigenvalue weighted by atomic mass is 32.2. The highest BCUT2D eigenvalue weighted by molar-refractivity contribution is 8.13. The predicted molar refractivity (Wildman–Crippen MR) is 172 cm³/mol. The number of nitrogens with one attached hydrogen (secondary N) is 3. The first-order valence-electron chi connectivity index (χ1n) is 15.0. The second-order valence-corrected chi connectivity index (χ2v) is 13.1. The molecule has 1 saturated heterocycles. The van der Waals surface area contributed by atoms with Gasteiger partial charge < -0.3 is 34.6 Å². The Morgan fingerprint density at radius 3 is 2.59 bits per heavy atom. The Balaban J connectivity index is 1.07. The Morgan fingerprint density at radius 1 is 1.02 bits per heavy atom. The van der Waals surface area contributed by atoms with E-state index < -0.39 is 11.3 Å². The van der Waals surface area contributed by atoms with Crippen LogP contribution >= 0.6 is 11.8 Å². The van der Waals surface area contributed by atoms with Gasteiger partial charge in [0.1, 0.15) is 11.4 Å². The molecular weight excluding hydrogens is 606 g/mol. The number of benzene rings is 2. The molecule has 5 aromatic rings. The lowest BCUT2D eigenvalue weighted by Crippen LogP contribution is -2.33. The summed E-state index contributed by atoms with van der Waals surface area (Å²) in [5.74, 6) is -0.781. The molecule has 2 fully saturated rings. The molecule has 0 radical (unpaired) electrons. The lowest BCUT2D eigenvalue weighted by atomic mass is 9.85. The van der Waals surface area contributed by atoms with E-state index in [4.69, 9.17) is 4.74 Å². The number of aromatic nitrogens is 3. The molecule has 2 aliphatic carbocycles. The number of ketones is 1. The van der Waals surface area contributed by atoms with Gasteiger partial charge in [0.05, 0.1) is 29.7 Å². The normalized spacial score (nSPS) is 20.9. The number of H-pyrrole nitrogens is 3. The van der Waals surface area contributed by atoms with E-state index in [1.165, 1.54) is 12.0 Å². The average Bonchev–Trinajstić information content (AvgIpc) is 3.70. The van der Waals surface area contributed by atoms with Crippen molar-refractivity contribution in [2.75, 3.05) is 31.4 Å². The molecule has 230 valence electrons. The van der Waals surface area contributed by atoms with Gasteiger partial charge in [-0.15, -0.1) is 0 Å². The molecule has 0 bridgehead atoms. The van der Waals surface area contributed by atoms with E-state index in [2.05, 4.69) is 15.0 Å². The SMILES string of the molecule is COc1c(O)c2c(c3cc(C(=O)SC)[nH]c13)CCN2C(=O)c1cc2c([nH]1)C(=O)C=C1N(C(=O)c3cc4ccccc4[nH]3)C[C@H]3C[C@]123. The van der Waals surface area contributed by atoms with E-state index in [-0.39, 0.29) is 39.9 Å². The fraction of sp³-hybridized carbons (Fsp3) is 0.235. The third-order valence-electron chi connectivity index (χ3n) is 10.1. The summed E-state index contributed by atoms with van der Waals surface area (Å²) in [6.07, 6.45) is 4.48. The van der Waals surface area contributed by atoms with Crippen LogP contribution in [0, 0.1) is 5.92 Å². The van der Waals surface area contributed by atoms with E-state index in [1.807, 2.05) is 30.3 Å². The van der Waals surface area contributed by atoms with Crippen molar-refractivity contribution in [3.8, 4) is 11.5 Å². The maximum absolute atomic E-state index is 14.1. The van der Waals surface area contributed by atoms with E-state index in [9.17, 15) is 24.3 Å². The van der Waals surface area contributed by atoms with E-state index in [0.29, 0.717) is 58.9 Å². The molecule has 5 heterocycles. The van der Waals surface area contributed by atoms with E-state index in [1.54, 1.807) is 29.4 Å². The first-order chi connectivity index (χ1) is 22.2. The van der Waals surface area contributed by atoms with Gasteiger partial charge in [-0.2, -0.15) is 0 Å². The number of phenols is 1. The third kappa shape index (κ3) is 3.39. The van der Waals surface area contributed by atoms with Crippen LogP contribution in [0.2, 0.25) is 0 Å². The zero-order valence-electron chi connectivity index (χ0n) is 24.8. The third-order valence-corrected chi connectivity index (χ3v) is 10.7. The molecule has 4 aliphatic rings. The number of thioether (sulfide) groups is 1. The number of nitrogens with zero attached hydrogens (tertiary/aromatic N) is 2. The Bertz CT molecular complexity index is 2240. The monoisotopic (exact) mass is 633 g/mol. The minimum absolute atomic E-state index is 0.138. The molecule has 0 unspecified atom stereocenters. The van der Waals surface area contributed by atoms with E-state index in [0.717, 1.165) is 40.2 Å². The Morgan fingerprint density at radius 2 is 1.80 bits per heavy atom. The van der Waals surface area contributed by atoms with Crippen LogP contribution in [0.15, 0.2) is 54.2 Å². The summed E-state index contributed by atoms with van der Waals surface area (Å²) < 4.78 is 5.54. The Kier molecular flexibility index (Phi) is 5.40. The summed E-state index contributed by atoms with van der Waals surface area (Å²) in [6.45, 7) is 0.782. The number of fused-ring (bicyclic) bond motifs is 5. The fourth-order valence-corrected chi connectivity index (χ4v) is 8.28. The van der Waals surface area contributed by atoms with Gasteiger partial charge in [0.2, 0.25) is 10.9 Å². The van der Waals surface area contributed by atoms with Crippen LogP contribution in [0.1, 0.15) is 59.5 Å². The molecule has 2 amide bonds. The molecule has 2 aromatic carbocycles. The number of piperidine rings is 1. The quantitative estimate of drug-likeness (QED) is 0.220. The zero-order chi connectivity index (χ0) is 31.6. The zero-order valence-corrected chi connectivity index (χ0v) is 25.6. The Labute approximate surface area is 265 Å². The lowest BCUT2D eigenvalue weighted by molar-refractivity contribution is 0.0806. The van der Waals surface area contributed by atoms with Crippen molar-refractivity contribution in [1.82, 2.24) is 19.9 Å². The van der Waals surface area contributed by atoms with Crippen molar-refractivity contribution in [2.24, 2.45) is 5.92 Å². The molecule has 1 spiro atoms. The van der Waals surface area contributed by atoms with Crippen LogP contribution in [0.3, 0.4) is 0 Å². The fourth-order valence-electron chi connectivity index (χ4n) is 7.95. The number of hydrogen-bond donors (Lipinski definition) is 4. The summed E-state index contributed by atoms with van der Waals surface area (Å²) >= 11 is 1.07. The summed E-state index contributed by atoms with van der Waals surface area (Å²) in [6, 6.07) is 13.0. The predicted octanol–water partition coefficient (Wildman–Crippen LogP) is 4.89. The number of carbonyl (C=O) groups is 4. The van der Waals surface area contributed by atoms with E-state index >= 15 is 0 Å². The van der Waals surface area contributed by atoms with Crippen LogP contribution in [0.5, 0.6) is 11.5 Å². The van der Waals surface area contributed by atoms with Crippen LogP contribution in [0.25, 0.3) is 21.8 Å². The van der Waals surface area contributed by atoms with Crippen molar-refractivity contribution >= 4 is 62.0 Å². The minimum Gasteiger partial charge on any atom is -0.503 e. The van der Waals surface area contributed by atoms with Crippen LogP contribution in [0.4, 0.5) is 5.69 Å². The summed E-state index contributed by atoms with van der Waals surface area (Å²) in [5, 5.41) is 12.8. The smallest absolute Gasteiger partial charge is 0.274 e. The second-order valence-electron chi connectivity index (χ2n) is 12.3. The van der Waals surface area contributed by atoms with Gasteiger partial charge in [-0.05, 0) is 60.4 Å². The number of allylic oxidation sites excluding steroid dienone is 2. The van der Waals surface area contributed by atoms with Gasteiger partial charge >= 0.3 is 0 Å². The molecule has 4 N–H and O–H groups in total. The number of ether oxygens (including phenoxy) is 1. The van der Waals surface area contributed by atoms with Gasteiger partial charge in [0, 0.05) is 46.6 Å². The topological polar surface area (TPSA) is 152 Å². The van der Waals surface area contributed by atoms with Gasteiger partial charge in [0.15, 0.2) is 11.5 Å². The number of aromatic hydroxyl groups is 1. The largest absolute Gasteiger partial charge is 0.503 e. The number of carbonyl (C=O) groups excluding carboxylic acids is 4. The molecule has 11 nitrogen and oxygen atoms in total. The number of phenolic OH excluding ortho intramolecular Hbond substituents is 1. The molecule has 3 aromatic heterocycles.